The number of nitrogens with two attached hydrogens (primary N) is 1. The predicted octanol–water partition coefficient (Wildman–Crippen LogP) is 5.25. The zero-order chi connectivity index (χ0) is 17.3. The Hall–Kier alpha value is -2.64. The smallest absolute Gasteiger partial charge is 0.142 e. The van der Waals surface area contributed by atoms with E-state index in [9.17, 15) is 5.26 Å². The molecule has 2 aromatic carbocycles. The lowest BCUT2D eigenvalue weighted by Crippen LogP contribution is -2.03. The van der Waals surface area contributed by atoms with E-state index in [1.807, 2.05) is 62.4 Å². The van der Waals surface area contributed by atoms with E-state index >= 15 is 0 Å². The third-order valence-electron chi connectivity index (χ3n) is 4.04. The zero-order valence-electron chi connectivity index (χ0n) is 13.5. The molecule has 0 fully saturated rings. The minimum Gasteiger partial charge on any atom is -0.383 e. The summed E-state index contributed by atoms with van der Waals surface area (Å²) >= 11 is 3.44. The average Bonchev–Trinajstić information content (AvgIpc) is 2.58. The van der Waals surface area contributed by atoms with Crippen LogP contribution in [0.15, 0.2) is 53.0 Å². The quantitative estimate of drug-likeness (QED) is 0.663. The van der Waals surface area contributed by atoms with Gasteiger partial charge in [0, 0.05) is 15.6 Å². The Morgan fingerprint density at radius 1 is 0.958 bits per heavy atom. The lowest BCUT2D eigenvalue weighted by Gasteiger charge is -2.15. The van der Waals surface area contributed by atoms with Crippen LogP contribution in [0.5, 0.6) is 0 Å². The Balaban J connectivity index is 2.29. The summed E-state index contributed by atoms with van der Waals surface area (Å²) in [4.78, 5) is 4.49. The average molecular weight is 378 g/mol. The van der Waals surface area contributed by atoms with E-state index in [1.165, 1.54) is 5.56 Å². The summed E-state index contributed by atoms with van der Waals surface area (Å²) in [7, 11) is 0. The molecule has 0 unspecified atom stereocenters. The molecule has 2 N–H and O–H groups in total. The summed E-state index contributed by atoms with van der Waals surface area (Å²) in [6.45, 7) is 4.02. The number of hydrogen-bond donors (Lipinski definition) is 1. The highest BCUT2D eigenvalue weighted by Crippen LogP contribution is 2.36. The summed E-state index contributed by atoms with van der Waals surface area (Å²) in [6, 6.07) is 18.2. The van der Waals surface area contributed by atoms with Crippen molar-refractivity contribution in [1.29, 1.82) is 5.26 Å². The molecular weight excluding hydrogens is 362 g/mol. The number of anilines is 1. The maximum Gasteiger partial charge on any atom is 0.142 e. The van der Waals surface area contributed by atoms with Crippen LogP contribution in [-0.4, -0.2) is 4.98 Å². The second kappa shape index (κ2) is 6.46. The van der Waals surface area contributed by atoms with E-state index in [0.717, 1.165) is 32.4 Å². The van der Waals surface area contributed by atoms with Crippen LogP contribution < -0.4 is 5.73 Å². The first-order valence-corrected chi connectivity index (χ1v) is 8.33. The van der Waals surface area contributed by atoms with Gasteiger partial charge in [-0.05, 0) is 37.1 Å². The number of benzene rings is 2. The topological polar surface area (TPSA) is 62.7 Å². The number of rotatable bonds is 2. The Morgan fingerprint density at radius 3 is 2.12 bits per heavy atom. The third kappa shape index (κ3) is 2.91. The molecule has 0 aliphatic carbocycles. The van der Waals surface area contributed by atoms with Gasteiger partial charge >= 0.3 is 0 Å². The highest BCUT2D eigenvalue weighted by molar-refractivity contribution is 9.10. The van der Waals surface area contributed by atoms with Gasteiger partial charge in [0.25, 0.3) is 0 Å². The number of nitrogen functional groups attached to an aromatic ring is 1. The third-order valence-corrected chi connectivity index (χ3v) is 4.57. The number of nitriles is 1. The van der Waals surface area contributed by atoms with Gasteiger partial charge in [-0.1, -0.05) is 57.9 Å². The fourth-order valence-corrected chi connectivity index (χ4v) is 3.04. The van der Waals surface area contributed by atoms with E-state index in [4.69, 9.17) is 5.73 Å². The van der Waals surface area contributed by atoms with Gasteiger partial charge in [-0.15, -0.1) is 0 Å². The van der Waals surface area contributed by atoms with Gasteiger partial charge in [0.05, 0.1) is 5.69 Å². The van der Waals surface area contributed by atoms with Crippen molar-refractivity contribution in [1.82, 2.24) is 4.98 Å². The second-order valence-corrected chi connectivity index (χ2v) is 6.62. The monoisotopic (exact) mass is 377 g/mol. The predicted molar refractivity (Wildman–Crippen MR) is 101 cm³/mol. The van der Waals surface area contributed by atoms with Crippen molar-refractivity contribution in [3.05, 3.63) is 69.7 Å². The number of nitrogens with zero attached hydrogens (tertiary/aromatic N) is 2. The molecule has 0 aliphatic heterocycles. The fourth-order valence-electron chi connectivity index (χ4n) is 2.78. The molecule has 0 atom stereocenters. The highest BCUT2D eigenvalue weighted by atomic mass is 79.9. The van der Waals surface area contributed by atoms with Gasteiger partial charge in [0.1, 0.15) is 17.5 Å². The summed E-state index contributed by atoms with van der Waals surface area (Å²) in [5.74, 6) is 0.261. The van der Waals surface area contributed by atoms with E-state index in [-0.39, 0.29) is 5.82 Å². The van der Waals surface area contributed by atoms with Crippen LogP contribution >= 0.6 is 15.9 Å². The Bertz CT molecular complexity index is 937. The largest absolute Gasteiger partial charge is 0.383 e. The highest BCUT2D eigenvalue weighted by Gasteiger charge is 2.18. The van der Waals surface area contributed by atoms with Gasteiger partial charge in [-0.3, -0.25) is 0 Å². The molecule has 3 nitrogen and oxygen atoms in total. The van der Waals surface area contributed by atoms with Crippen molar-refractivity contribution in [3.63, 3.8) is 0 Å². The SMILES string of the molecule is Cc1ccc(-c2c(C)c(-c3ccc(Br)cc3)nc(N)c2C#N)cc1. The maximum absolute atomic E-state index is 9.56. The van der Waals surface area contributed by atoms with E-state index in [1.54, 1.807) is 0 Å². The van der Waals surface area contributed by atoms with Crippen LogP contribution in [0.1, 0.15) is 16.7 Å². The fraction of sp³-hybridized carbons (Fsp3) is 0.100. The molecule has 24 heavy (non-hydrogen) atoms. The number of pyridine rings is 1. The van der Waals surface area contributed by atoms with E-state index in [2.05, 4.69) is 27.0 Å². The standard InChI is InChI=1S/C20H16BrN3/c1-12-3-5-14(6-4-12)18-13(2)19(24-20(23)17(18)11-22)15-7-9-16(21)10-8-15/h3-10H,1-2H3,(H2,23,24). The minimum atomic E-state index is 0.261. The summed E-state index contributed by atoms with van der Waals surface area (Å²) in [5, 5.41) is 9.56. The molecule has 118 valence electrons. The number of aryl methyl sites for hydroxylation is 1. The first-order valence-electron chi connectivity index (χ1n) is 7.54. The Morgan fingerprint density at radius 2 is 1.54 bits per heavy atom. The molecule has 4 heteroatoms. The molecule has 1 heterocycles. The number of halogens is 1. The van der Waals surface area contributed by atoms with Crippen molar-refractivity contribution in [3.8, 4) is 28.5 Å². The van der Waals surface area contributed by atoms with Crippen molar-refractivity contribution >= 4 is 21.7 Å². The van der Waals surface area contributed by atoms with Gasteiger partial charge in [0.2, 0.25) is 0 Å². The molecule has 3 rings (SSSR count). The second-order valence-electron chi connectivity index (χ2n) is 5.71. The van der Waals surface area contributed by atoms with Crippen molar-refractivity contribution in [2.24, 2.45) is 0 Å². The summed E-state index contributed by atoms with van der Waals surface area (Å²) in [6.07, 6.45) is 0. The lowest BCUT2D eigenvalue weighted by molar-refractivity contribution is 1.26. The van der Waals surface area contributed by atoms with Gasteiger partial charge in [-0.25, -0.2) is 4.98 Å². The normalized spacial score (nSPS) is 10.4. The van der Waals surface area contributed by atoms with E-state index in [0.29, 0.717) is 5.56 Å². The Kier molecular flexibility index (Phi) is 4.37. The molecular formula is C20H16BrN3. The molecule has 1 aromatic heterocycles. The molecule has 0 spiro atoms. The van der Waals surface area contributed by atoms with E-state index < -0.39 is 0 Å². The van der Waals surface area contributed by atoms with Crippen LogP contribution in [-0.2, 0) is 0 Å². The van der Waals surface area contributed by atoms with Crippen LogP contribution in [0.4, 0.5) is 5.82 Å². The molecule has 0 amide bonds. The van der Waals surface area contributed by atoms with Gasteiger partial charge in [0.15, 0.2) is 0 Å². The van der Waals surface area contributed by atoms with Crippen LogP contribution in [0.25, 0.3) is 22.4 Å². The van der Waals surface area contributed by atoms with Crippen LogP contribution in [0, 0.1) is 25.2 Å². The molecule has 0 aliphatic rings. The van der Waals surface area contributed by atoms with Crippen molar-refractivity contribution < 1.29 is 0 Å². The number of aromatic nitrogens is 1. The van der Waals surface area contributed by atoms with Crippen LogP contribution in [0.3, 0.4) is 0 Å². The number of hydrogen-bond acceptors (Lipinski definition) is 3. The molecule has 0 bridgehead atoms. The molecule has 3 aromatic rings. The van der Waals surface area contributed by atoms with Crippen molar-refractivity contribution in [2.45, 2.75) is 13.8 Å². The summed E-state index contributed by atoms with van der Waals surface area (Å²) in [5.41, 5.74) is 12.2. The lowest BCUT2D eigenvalue weighted by atomic mass is 9.92. The first kappa shape index (κ1) is 16.2. The minimum absolute atomic E-state index is 0.261. The van der Waals surface area contributed by atoms with Crippen molar-refractivity contribution in [2.75, 3.05) is 5.73 Å². The molecule has 0 radical (unpaired) electrons. The van der Waals surface area contributed by atoms with Gasteiger partial charge < -0.3 is 5.73 Å². The van der Waals surface area contributed by atoms with Crippen LogP contribution in [0.2, 0.25) is 0 Å². The first-order chi connectivity index (χ1) is 11.5. The maximum atomic E-state index is 9.56. The Labute approximate surface area is 149 Å². The van der Waals surface area contributed by atoms with Gasteiger partial charge in [-0.2, -0.15) is 5.26 Å². The summed E-state index contributed by atoms with van der Waals surface area (Å²) < 4.78 is 1.00. The molecule has 0 saturated carbocycles. The zero-order valence-corrected chi connectivity index (χ0v) is 15.1. The molecule has 0 saturated heterocycles.